The summed E-state index contributed by atoms with van der Waals surface area (Å²) < 4.78 is 1.84. The summed E-state index contributed by atoms with van der Waals surface area (Å²) in [5, 5.41) is 14.2. The van der Waals surface area contributed by atoms with Crippen molar-refractivity contribution < 1.29 is 9.59 Å². The lowest BCUT2D eigenvalue weighted by Gasteiger charge is -2.47. The SMILES string of the molecule is CC1(C)CC(=O)C2=C(C1)N(c1cccc(Cl)c1)C(n1cccc1)=C(C#N)[C@@]21C(=O)Nc2ccccc21. The van der Waals surface area contributed by atoms with Crippen LogP contribution in [0, 0.1) is 16.7 Å². The number of rotatable bonds is 2. The maximum absolute atomic E-state index is 14.0. The normalized spacial score (nSPS) is 22.4. The van der Waals surface area contributed by atoms with E-state index in [1.807, 2.05) is 76.5 Å². The number of Topliss-reactive ketones (excluding diaryl/α,β-unsaturated/α-hetero) is 1. The van der Waals surface area contributed by atoms with Gasteiger partial charge in [-0.1, -0.05) is 49.7 Å². The number of nitrogens with zero attached hydrogens (tertiary/aromatic N) is 3. The summed E-state index contributed by atoms with van der Waals surface area (Å²) in [7, 11) is 0. The molecule has 0 radical (unpaired) electrons. The van der Waals surface area contributed by atoms with Crippen molar-refractivity contribution in [3.63, 3.8) is 0 Å². The molecule has 0 fully saturated rings. The standard InChI is InChI=1S/C29H23ClN4O2/c1-28(2)15-23-25(24(35)16-28)29(20-10-3-4-11-22(20)32-27(29)36)21(17-31)26(33-12-5-6-13-33)34(23)19-9-7-8-18(30)14-19/h3-14H,15-16H2,1-2H3,(H,32,36)/t29-/m1/s1. The molecular formula is C29H23ClN4O2. The topological polar surface area (TPSA) is 78.1 Å². The van der Waals surface area contributed by atoms with Gasteiger partial charge in [0, 0.05) is 52.0 Å². The molecule has 1 amide bonds. The third kappa shape index (κ3) is 2.96. The van der Waals surface area contributed by atoms with E-state index in [-0.39, 0.29) is 29.1 Å². The van der Waals surface area contributed by atoms with Crippen molar-refractivity contribution in [2.75, 3.05) is 10.2 Å². The second kappa shape index (κ2) is 7.71. The van der Waals surface area contributed by atoms with Crippen LogP contribution in [0.5, 0.6) is 0 Å². The number of fused-ring (bicyclic) bond motifs is 3. The predicted octanol–water partition coefficient (Wildman–Crippen LogP) is 5.89. The highest BCUT2D eigenvalue weighted by Gasteiger charge is 2.61. The first kappa shape index (κ1) is 22.4. The van der Waals surface area contributed by atoms with Crippen molar-refractivity contribution in [1.29, 1.82) is 5.26 Å². The Hall–Kier alpha value is -4.08. The van der Waals surface area contributed by atoms with E-state index >= 15 is 0 Å². The Balaban J connectivity index is 1.80. The monoisotopic (exact) mass is 494 g/mol. The predicted molar refractivity (Wildman–Crippen MR) is 139 cm³/mol. The Kier molecular flexibility index (Phi) is 4.79. The third-order valence-electron chi connectivity index (χ3n) is 7.25. The number of hydrogen-bond donors (Lipinski definition) is 1. The molecule has 7 heteroatoms. The first-order valence-electron chi connectivity index (χ1n) is 11.8. The van der Waals surface area contributed by atoms with Crippen LogP contribution in [0.4, 0.5) is 11.4 Å². The quantitative estimate of drug-likeness (QED) is 0.482. The number of carbonyl (C=O) groups is 2. The van der Waals surface area contributed by atoms with Crippen LogP contribution < -0.4 is 10.2 Å². The molecule has 2 aliphatic heterocycles. The lowest BCUT2D eigenvalue weighted by atomic mass is 9.60. The van der Waals surface area contributed by atoms with Crippen LogP contribution in [0.3, 0.4) is 0 Å². The number of aromatic nitrogens is 1. The minimum atomic E-state index is -1.54. The molecule has 3 aromatic rings. The number of halogens is 1. The summed E-state index contributed by atoms with van der Waals surface area (Å²) in [6.45, 7) is 4.11. The molecule has 0 saturated heterocycles. The highest BCUT2D eigenvalue weighted by atomic mass is 35.5. The van der Waals surface area contributed by atoms with Gasteiger partial charge in [0.2, 0.25) is 5.91 Å². The largest absolute Gasteiger partial charge is 0.324 e. The van der Waals surface area contributed by atoms with Crippen LogP contribution in [0.1, 0.15) is 32.3 Å². The smallest absolute Gasteiger partial charge is 0.245 e. The molecule has 1 atom stereocenters. The van der Waals surface area contributed by atoms with Crippen LogP contribution in [0.15, 0.2) is 89.9 Å². The van der Waals surface area contributed by atoms with Gasteiger partial charge in [0.25, 0.3) is 0 Å². The molecule has 1 aromatic heterocycles. The van der Waals surface area contributed by atoms with E-state index in [4.69, 9.17) is 11.6 Å². The first-order chi connectivity index (χ1) is 17.3. The van der Waals surface area contributed by atoms with Gasteiger partial charge in [-0.2, -0.15) is 5.26 Å². The fourth-order valence-electron chi connectivity index (χ4n) is 5.94. The highest BCUT2D eigenvalue weighted by molar-refractivity contribution is 6.31. The fourth-order valence-corrected chi connectivity index (χ4v) is 6.12. The molecule has 6 nitrogen and oxygen atoms in total. The van der Waals surface area contributed by atoms with E-state index in [1.165, 1.54) is 0 Å². The van der Waals surface area contributed by atoms with Gasteiger partial charge in [-0.05, 0) is 48.2 Å². The number of allylic oxidation sites excluding steroid dienone is 1. The molecule has 1 spiro atoms. The number of nitrogens with one attached hydrogen (secondary N) is 1. The lowest BCUT2D eigenvalue weighted by molar-refractivity contribution is -0.123. The number of hydrogen-bond acceptors (Lipinski definition) is 4. The van der Waals surface area contributed by atoms with Gasteiger partial charge in [0.1, 0.15) is 17.3 Å². The van der Waals surface area contributed by atoms with Crippen molar-refractivity contribution >= 4 is 40.5 Å². The van der Waals surface area contributed by atoms with Gasteiger partial charge >= 0.3 is 0 Å². The van der Waals surface area contributed by atoms with Crippen molar-refractivity contribution in [1.82, 2.24) is 4.57 Å². The van der Waals surface area contributed by atoms with Crippen LogP contribution in [-0.4, -0.2) is 16.3 Å². The number of benzene rings is 2. The van der Waals surface area contributed by atoms with Crippen molar-refractivity contribution in [2.24, 2.45) is 5.41 Å². The Labute approximate surface area is 214 Å². The third-order valence-corrected chi connectivity index (χ3v) is 7.49. The van der Waals surface area contributed by atoms with Crippen molar-refractivity contribution in [2.45, 2.75) is 32.1 Å². The lowest BCUT2D eigenvalue weighted by Crippen LogP contribution is -2.51. The molecular weight excluding hydrogens is 472 g/mol. The van der Waals surface area contributed by atoms with Crippen LogP contribution >= 0.6 is 11.6 Å². The van der Waals surface area contributed by atoms with E-state index in [2.05, 4.69) is 25.2 Å². The Morgan fingerprint density at radius 3 is 2.47 bits per heavy atom. The van der Waals surface area contributed by atoms with Gasteiger partial charge in [-0.3, -0.25) is 14.5 Å². The Morgan fingerprint density at radius 1 is 1.00 bits per heavy atom. The van der Waals surface area contributed by atoms with Gasteiger partial charge in [0.15, 0.2) is 5.78 Å². The second-order valence-electron chi connectivity index (χ2n) is 10.2. The molecule has 0 unspecified atom stereocenters. The zero-order chi connectivity index (χ0) is 25.2. The number of carbonyl (C=O) groups excluding carboxylic acids is 2. The summed E-state index contributed by atoms with van der Waals surface area (Å²) in [5.74, 6) is 0.0107. The van der Waals surface area contributed by atoms with E-state index in [1.54, 1.807) is 6.07 Å². The summed E-state index contributed by atoms with van der Waals surface area (Å²) in [5.41, 5.74) is 1.37. The number of ketones is 1. The van der Waals surface area contributed by atoms with Crippen LogP contribution in [0.25, 0.3) is 5.82 Å². The molecule has 1 aliphatic carbocycles. The molecule has 2 aromatic carbocycles. The maximum atomic E-state index is 14.0. The molecule has 0 bridgehead atoms. The summed E-state index contributed by atoms with van der Waals surface area (Å²) >= 11 is 6.42. The molecule has 6 rings (SSSR count). The van der Waals surface area contributed by atoms with E-state index in [0.717, 1.165) is 5.69 Å². The zero-order valence-corrected chi connectivity index (χ0v) is 20.6. The summed E-state index contributed by atoms with van der Waals surface area (Å²) in [6.07, 6.45) is 4.52. The number of anilines is 2. The number of amides is 1. The maximum Gasteiger partial charge on any atom is 0.245 e. The summed E-state index contributed by atoms with van der Waals surface area (Å²) in [4.78, 5) is 30.0. The molecule has 178 valence electrons. The average Bonchev–Trinajstić information content (AvgIpc) is 3.45. The number of nitriles is 1. The molecule has 3 aliphatic rings. The highest BCUT2D eigenvalue weighted by Crippen LogP contribution is 2.58. The van der Waals surface area contributed by atoms with E-state index in [9.17, 15) is 14.9 Å². The molecule has 1 N–H and O–H groups in total. The molecule has 0 saturated carbocycles. The van der Waals surface area contributed by atoms with Crippen LogP contribution in [-0.2, 0) is 15.0 Å². The Bertz CT molecular complexity index is 1560. The van der Waals surface area contributed by atoms with Gasteiger partial charge in [-0.25, -0.2) is 0 Å². The minimum Gasteiger partial charge on any atom is -0.324 e. The average molecular weight is 495 g/mol. The van der Waals surface area contributed by atoms with Crippen molar-refractivity contribution in [3.8, 4) is 6.07 Å². The molecule has 36 heavy (non-hydrogen) atoms. The van der Waals surface area contributed by atoms with E-state index in [0.29, 0.717) is 39.8 Å². The minimum absolute atomic E-state index is 0.126. The zero-order valence-electron chi connectivity index (χ0n) is 19.9. The molecule has 3 heterocycles. The van der Waals surface area contributed by atoms with Gasteiger partial charge in [0.05, 0.1) is 5.57 Å². The van der Waals surface area contributed by atoms with Crippen LogP contribution in [0.2, 0.25) is 5.02 Å². The summed E-state index contributed by atoms with van der Waals surface area (Å²) in [6, 6.07) is 20.8. The number of para-hydroxylation sites is 1. The first-order valence-corrected chi connectivity index (χ1v) is 12.2. The van der Waals surface area contributed by atoms with Gasteiger partial charge < -0.3 is 9.88 Å². The van der Waals surface area contributed by atoms with Gasteiger partial charge in [-0.15, -0.1) is 0 Å². The van der Waals surface area contributed by atoms with Crippen molar-refractivity contribution in [3.05, 3.63) is 100 Å². The fraction of sp³-hybridized carbons (Fsp3) is 0.207. The van der Waals surface area contributed by atoms with E-state index < -0.39 is 5.41 Å². The Morgan fingerprint density at radius 2 is 1.75 bits per heavy atom. The second-order valence-corrected chi connectivity index (χ2v) is 10.7.